The van der Waals surface area contributed by atoms with Crippen molar-refractivity contribution in [3.63, 3.8) is 0 Å². The number of carbonyl (C=O) groups excluding carboxylic acids is 2. The van der Waals surface area contributed by atoms with Gasteiger partial charge >= 0.3 is 0 Å². The van der Waals surface area contributed by atoms with Gasteiger partial charge < -0.3 is 15.5 Å². The molecule has 2 N–H and O–H groups in total. The Balaban J connectivity index is 1.55. The van der Waals surface area contributed by atoms with Gasteiger partial charge in [-0.2, -0.15) is 0 Å². The lowest BCUT2D eigenvalue weighted by Crippen LogP contribution is -2.46. The fourth-order valence-electron chi connectivity index (χ4n) is 3.54. The largest absolute Gasteiger partial charge is 0.385 e. The number of nitrogens with zero attached hydrogens (tertiary/aromatic N) is 2. The minimum absolute atomic E-state index is 0.228. The van der Waals surface area contributed by atoms with Crippen LogP contribution in [0.5, 0.6) is 0 Å². The summed E-state index contributed by atoms with van der Waals surface area (Å²) in [4.78, 5) is 32.0. The molecule has 0 radical (unpaired) electrons. The summed E-state index contributed by atoms with van der Waals surface area (Å²) in [6.45, 7) is 0.460. The predicted octanol–water partition coefficient (Wildman–Crippen LogP) is 3.44. The molecule has 1 aliphatic heterocycles. The molecular weight excluding hydrogens is 388 g/mol. The molecular formula is C25H24N4O2. The van der Waals surface area contributed by atoms with Crippen LogP contribution in [0.3, 0.4) is 0 Å². The molecule has 0 fully saturated rings. The molecule has 4 rings (SSSR count). The molecule has 3 aromatic carbocycles. The first kappa shape index (κ1) is 20.3. The Morgan fingerprint density at radius 2 is 1.58 bits per heavy atom. The van der Waals surface area contributed by atoms with Crippen molar-refractivity contribution in [2.24, 2.45) is 4.99 Å². The fraction of sp³-hybridized carbons (Fsp3) is 0.160. The van der Waals surface area contributed by atoms with Gasteiger partial charge in [0.25, 0.3) is 5.91 Å². The number of amides is 2. The Morgan fingerprint density at radius 3 is 2.32 bits per heavy atom. The summed E-state index contributed by atoms with van der Waals surface area (Å²) in [7, 11) is 1.71. The van der Waals surface area contributed by atoms with Crippen LogP contribution in [0.2, 0.25) is 0 Å². The van der Waals surface area contributed by atoms with Crippen LogP contribution < -0.4 is 15.5 Å². The number of likely N-dealkylation sites (N-methyl/N-ethyl adjacent to an activating group) is 1. The maximum absolute atomic E-state index is 13.1. The zero-order valence-corrected chi connectivity index (χ0v) is 17.3. The zero-order chi connectivity index (χ0) is 21.6. The van der Waals surface area contributed by atoms with E-state index in [1.165, 1.54) is 0 Å². The molecule has 1 atom stereocenters. The van der Waals surface area contributed by atoms with Gasteiger partial charge in [-0.25, -0.2) is 4.99 Å². The van der Waals surface area contributed by atoms with Gasteiger partial charge in [0, 0.05) is 36.8 Å². The number of hydrogen-bond donors (Lipinski definition) is 2. The molecule has 156 valence electrons. The van der Waals surface area contributed by atoms with Gasteiger partial charge in [-0.05, 0) is 18.2 Å². The third-order valence-electron chi connectivity index (χ3n) is 5.14. The van der Waals surface area contributed by atoms with Crippen LogP contribution in [0.1, 0.15) is 17.5 Å². The van der Waals surface area contributed by atoms with Crippen LogP contribution in [-0.2, 0) is 9.59 Å². The number of rotatable bonds is 6. The summed E-state index contributed by atoms with van der Waals surface area (Å²) in [6, 6.07) is 27.0. The summed E-state index contributed by atoms with van der Waals surface area (Å²) < 4.78 is 0. The van der Waals surface area contributed by atoms with Crippen molar-refractivity contribution in [1.82, 2.24) is 5.32 Å². The molecule has 6 nitrogen and oxygen atoms in total. The second kappa shape index (κ2) is 9.26. The molecule has 31 heavy (non-hydrogen) atoms. The van der Waals surface area contributed by atoms with Crippen LogP contribution in [0.15, 0.2) is 89.9 Å². The molecule has 0 bridgehead atoms. The van der Waals surface area contributed by atoms with Crippen LogP contribution in [0.4, 0.5) is 11.4 Å². The van der Waals surface area contributed by atoms with E-state index < -0.39 is 6.17 Å². The van der Waals surface area contributed by atoms with Crippen molar-refractivity contribution in [1.29, 1.82) is 0 Å². The first-order chi connectivity index (χ1) is 15.1. The zero-order valence-electron chi connectivity index (χ0n) is 17.3. The van der Waals surface area contributed by atoms with Crippen molar-refractivity contribution in [3.8, 4) is 0 Å². The van der Waals surface area contributed by atoms with E-state index in [9.17, 15) is 9.59 Å². The second-order valence-corrected chi connectivity index (χ2v) is 7.27. The van der Waals surface area contributed by atoms with Crippen LogP contribution in [0, 0.1) is 0 Å². The Morgan fingerprint density at radius 1 is 0.935 bits per heavy atom. The van der Waals surface area contributed by atoms with Gasteiger partial charge in [0.05, 0.1) is 11.4 Å². The van der Waals surface area contributed by atoms with Crippen LogP contribution >= 0.6 is 0 Å². The van der Waals surface area contributed by atoms with Gasteiger partial charge in [-0.1, -0.05) is 66.7 Å². The molecule has 0 aromatic heterocycles. The second-order valence-electron chi connectivity index (χ2n) is 7.27. The number of aliphatic imine (C=N–C) groups is 1. The molecule has 0 spiro atoms. The summed E-state index contributed by atoms with van der Waals surface area (Å²) in [5.41, 5.74) is 4.13. The van der Waals surface area contributed by atoms with E-state index in [4.69, 9.17) is 4.99 Å². The van der Waals surface area contributed by atoms with E-state index in [2.05, 4.69) is 10.6 Å². The van der Waals surface area contributed by atoms with E-state index in [-0.39, 0.29) is 18.2 Å². The number of anilines is 2. The van der Waals surface area contributed by atoms with E-state index in [1.807, 2.05) is 84.9 Å². The van der Waals surface area contributed by atoms with Crippen molar-refractivity contribution in [3.05, 3.63) is 96.1 Å². The lowest BCUT2D eigenvalue weighted by Gasteiger charge is -2.21. The van der Waals surface area contributed by atoms with Gasteiger partial charge in [0.15, 0.2) is 0 Å². The van der Waals surface area contributed by atoms with Crippen molar-refractivity contribution in [2.45, 2.75) is 12.6 Å². The van der Waals surface area contributed by atoms with Crippen molar-refractivity contribution in [2.75, 3.05) is 23.8 Å². The number of carbonyl (C=O) groups is 2. The predicted molar refractivity (Wildman–Crippen MR) is 123 cm³/mol. The van der Waals surface area contributed by atoms with E-state index in [0.717, 1.165) is 22.5 Å². The lowest BCUT2D eigenvalue weighted by atomic mass is 10.0. The van der Waals surface area contributed by atoms with Crippen molar-refractivity contribution < 1.29 is 9.59 Å². The molecule has 2 amide bonds. The lowest BCUT2D eigenvalue weighted by molar-refractivity contribution is -0.127. The summed E-state index contributed by atoms with van der Waals surface area (Å²) in [6.07, 6.45) is -0.761. The molecule has 1 aliphatic rings. The maximum atomic E-state index is 13.1. The standard InChI is InChI=1S/C25H24N4O2/c1-29-21-15-9-8-14-20(21)23(18-10-4-2-5-11-18)28-24(25(29)31)27-22(30)16-17-26-19-12-6-3-7-13-19/h2-15,24,26H,16-17H2,1H3,(H,27,30)/t24-/m1/s1. The van der Waals surface area contributed by atoms with Crippen molar-refractivity contribution >= 4 is 28.9 Å². The SMILES string of the molecule is CN1C(=O)[C@H](NC(=O)CCNc2ccccc2)N=C(c2ccccc2)c2ccccc21. The first-order valence-electron chi connectivity index (χ1n) is 10.2. The van der Waals surface area contributed by atoms with Gasteiger partial charge in [0.2, 0.25) is 12.1 Å². The first-order valence-corrected chi connectivity index (χ1v) is 10.2. The summed E-state index contributed by atoms with van der Waals surface area (Å²) >= 11 is 0. The van der Waals surface area contributed by atoms with E-state index >= 15 is 0 Å². The normalized spacial score (nSPS) is 15.5. The number of para-hydroxylation sites is 2. The summed E-state index contributed by atoms with van der Waals surface area (Å²) in [5.74, 6) is -0.514. The molecule has 1 heterocycles. The number of fused-ring (bicyclic) bond motifs is 1. The third kappa shape index (κ3) is 4.64. The van der Waals surface area contributed by atoms with E-state index in [1.54, 1.807) is 11.9 Å². The minimum atomic E-state index is -0.989. The molecule has 3 aromatic rings. The molecule has 0 saturated heterocycles. The molecule has 0 unspecified atom stereocenters. The average Bonchev–Trinajstić information content (AvgIpc) is 2.91. The topological polar surface area (TPSA) is 73.8 Å². The fourth-order valence-corrected chi connectivity index (χ4v) is 3.54. The number of benzodiazepines with no additional fused rings is 1. The number of benzene rings is 3. The Labute approximate surface area is 181 Å². The quantitative estimate of drug-likeness (QED) is 0.651. The number of nitrogens with one attached hydrogen (secondary N) is 2. The van der Waals surface area contributed by atoms with Crippen LogP contribution in [0.25, 0.3) is 0 Å². The molecule has 0 saturated carbocycles. The highest BCUT2D eigenvalue weighted by molar-refractivity contribution is 6.20. The van der Waals surface area contributed by atoms with Gasteiger partial charge in [0.1, 0.15) is 0 Å². The highest BCUT2D eigenvalue weighted by Gasteiger charge is 2.30. The summed E-state index contributed by atoms with van der Waals surface area (Å²) in [5, 5.41) is 6.00. The van der Waals surface area contributed by atoms with Gasteiger partial charge in [-0.15, -0.1) is 0 Å². The molecule has 6 heteroatoms. The van der Waals surface area contributed by atoms with E-state index in [0.29, 0.717) is 12.3 Å². The molecule has 0 aliphatic carbocycles. The highest BCUT2D eigenvalue weighted by atomic mass is 16.2. The maximum Gasteiger partial charge on any atom is 0.272 e. The van der Waals surface area contributed by atoms with Gasteiger partial charge in [-0.3, -0.25) is 9.59 Å². The average molecular weight is 412 g/mol. The Kier molecular flexibility index (Phi) is 6.08. The third-order valence-corrected chi connectivity index (χ3v) is 5.14. The smallest absolute Gasteiger partial charge is 0.272 e. The highest BCUT2D eigenvalue weighted by Crippen LogP contribution is 2.27. The Bertz CT molecular complexity index is 1100. The number of hydrogen-bond acceptors (Lipinski definition) is 4. The monoisotopic (exact) mass is 412 g/mol. The minimum Gasteiger partial charge on any atom is -0.385 e. The Hall–Kier alpha value is -3.93. The van der Waals surface area contributed by atoms with Crippen LogP contribution in [-0.4, -0.2) is 37.3 Å².